The molecule has 3 aromatic heterocycles. The van der Waals surface area contributed by atoms with Gasteiger partial charge in [0.2, 0.25) is 5.78 Å². The molecule has 6 rings (SSSR count). The first-order valence-electron chi connectivity index (χ1n) is 11.9. The van der Waals surface area contributed by atoms with Crippen LogP contribution in [0.2, 0.25) is 5.02 Å². The number of sulfonamides is 1. The second-order valence-electron chi connectivity index (χ2n) is 9.30. The van der Waals surface area contributed by atoms with Crippen LogP contribution in [0.1, 0.15) is 46.3 Å². The number of carbonyl (C=O) groups excluding carboxylic acids is 1. The molecule has 11 nitrogen and oxygen atoms in total. The molecule has 204 valence electrons. The molecule has 39 heavy (non-hydrogen) atoms. The SMILES string of the molecule is O=C(NCc1ccc(-c2nc3n(n2)CCN(S(=O)(=O)C(F)(F)F)C3)cc1)c1c(C2CC2)nc2ncc(Cl)cn12. The lowest BCUT2D eigenvalue weighted by molar-refractivity contribution is -0.0496. The maximum atomic E-state index is 13.1. The number of rotatable bonds is 6. The Morgan fingerprint density at radius 2 is 1.87 bits per heavy atom. The van der Waals surface area contributed by atoms with E-state index in [1.54, 1.807) is 34.9 Å². The van der Waals surface area contributed by atoms with E-state index in [-0.39, 0.29) is 43.1 Å². The number of hydrogen-bond acceptors (Lipinski definition) is 7. The zero-order valence-corrected chi connectivity index (χ0v) is 21.6. The highest BCUT2D eigenvalue weighted by molar-refractivity contribution is 7.89. The molecule has 0 radical (unpaired) electrons. The van der Waals surface area contributed by atoms with Crippen molar-refractivity contribution in [2.45, 2.75) is 43.9 Å². The molecule has 4 aromatic rings. The maximum Gasteiger partial charge on any atom is 0.511 e. The summed E-state index contributed by atoms with van der Waals surface area (Å²) < 4.78 is 65.6. The van der Waals surface area contributed by atoms with E-state index in [4.69, 9.17) is 11.6 Å². The van der Waals surface area contributed by atoms with Gasteiger partial charge in [-0.15, -0.1) is 0 Å². The van der Waals surface area contributed by atoms with Crippen molar-refractivity contribution in [1.29, 1.82) is 0 Å². The molecule has 0 spiro atoms. The van der Waals surface area contributed by atoms with Crippen molar-refractivity contribution in [3.8, 4) is 11.4 Å². The molecule has 1 aliphatic carbocycles. The molecule has 2 aliphatic rings. The summed E-state index contributed by atoms with van der Waals surface area (Å²) in [5, 5.41) is 7.60. The monoisotopic (exact) mass is 580 g/mol. The predicted molar refractivity (Wildman–Crippen MR) is 132 cm³/mol. The smallest absolute Gasteiger partial charge is 0.347 e. The normalized spacial score (nSPS) is 16.4. The Morgan fingerprint density at radius 3 is 2.56 bits per heavy atom. The molecule has 1 amide bonds. The quantitative estimate of drug-likeness (QED) is 0.371. The van der Waals surface area contributed by atoms with Gasteiger partial charge in [-0.25, -0.2) is 28.1 Å². The summed E-state index contributed by atoms with van der Waals surface area (Å²) >= 11 is 6.09. The highest BCUT2D eigenvalue weighted by atomic mass is 35.5. The number of alkyl halides is 3. The number of aromatic nitrogens is 6. The molecule has 0 saturated heterocycles. The van der Waals surface area contributed by atoms with Crippen molar-refractivity contribution in [2.24, 2.45) is 0 Å². The first kappa shape index (κ1) is 25.7. The van der Waals surface area contributed by atoms with Gasteiger partial charge in [-0.2, -0.15) is 22.6 Å². The molecule has 0 unspecified atom stereocenters. The Kier molecular flexibility index (Phi) is 6.11. The van der Waals surface area contributed by atoms with Crippen LogP contribution < -0.4 is 5.32 Å². The van der Waals surface area contributed by atoms with E-state index < -0.39 is 22.1 Å². The van der Waals surface area contributed by atoms with Crippen LogP contribution in [0.5, 0.6) is 0 Å². The average molecular weight is 581 g/mol. The molecule has 16 heteroatoms. The number of nitrogens with zero attached hydrogens (tertiary/aromatic N) is 7. The van der Waals surface area contributed by atoms with Crippen LogP contribution in [0, 0.1) is 0 Å². The van der Waals surface area contributed by atoms with Gasteiger partial charge in [0.25, 0.3) is 5.91 Å². The summed E-state index contributed by atoms with van der Waals surface area (Å²) in [4.78, 5) is 26.1. The van der Waals surface area contributed by atoms with Crippen LogP contribution in [0.4, 0.5) is 13.2 Å². The third-order valence-electron chi connectivity index (χ3n) is 6.58. The van der Waals surface area contributed by atoms with Crippen molar-refractivity contribution in [1.82, 2.24) is 38.8 Å². The summed E-state index contributed by atoms with van der Waals surface area (Å²) in [6.45, 7) is -0.699. The Labute approximate surface area is 224 Å². The van der Waals surface area contributed by atoms with Gasteiger partial charge < -0.3 is 5.32 Å². The van der Waals surface area contributed by atoms with Gasteiger partial charge in [0, 0.05) is 30.8 Å². The number of amides is 1. The van der Waals surface area contributed by atoms with E-state index in [0.29, 0.717) is 32.1 Å². The lowest BCUT2D eigenvalue weighted by Crippen LogP contribution is -2.44. The van der Waals surface area contributed by atoms with E-state index in [1.807, 2.05) is 0 Å². The summed E-state index contributed by atoms with van der Waals surface area (Å²) in [5.41, 5.74) is -2.88. The van der Waals surface area contributed by atoms with Crippen LogP contribution in [0.3, 0.4) is 0 Å². The minimum Gasteiger partial charge on any atom is -0.347 e. The number of fused-ring (bicyclic) bond motifs is 2. The van der Waals surface area contributed by atoms with E-state index in [1.165, 1.54) is 10.9 Å². The van der Waals surface area contributed by atoms with Gasteiger partial charge in [0.05, 0.1) is 30.0 Å². The van der Waals surface area contributed by atoms with Gasteiger partial charge in [0.15, 0.2) is 5.82 Å². The lowest BCUT2D eigenvalue weighted by atomic mass is 10.1. The zero-order chi connectivity index (χ0) is 27.5. The molecule has 1 aromatic carbocycles. The lowest BCUT2D eigenvalue weighted by Gasteiger charge is -2.26. The number of benzene rings is 1. The molecule has 0 atom stereocenters. The minimum atomic E-state index is -5.45. The van der Waals surface area contributed by atoms with Gasteiger partial charge in [-0.3, -0.25) is 9.20 Å². The zero-order valence-electron chi connectivity index (χ0n) is 20.1. The van der Waals surface area contributed by atoms with Crippen LogP contribution in [-0.4, -0.2) is 59.8 Å². The molecule has 1 N–H and O–H groups in total. The summed E-state index contributed by atoms with van der Waals surface area (Å²) in [6.07, 6.45) is 5.01. The summed E-state index contributed by atoms with van der Waals surface area (Å²) in [6, 6.07) is 6.98. The van der Waals surface area contributed by atoms with E-state index in [0.717, 1.165) is 18.4 Å². The largest absolute Gasteiger partial charge is 0.511 e. The summed E-state index contributed by atoms with van der Waals surface area (Å²) in [7, 11) is -5.45. The van der Waals surface area contributed by atoms with E-state index in [2.05, 4.69) is 25.4 Å². The van der Waals surface area contributed by atoms with Crippen molar-refractivity contribution in [2.75, 3.05) is 6.54 Å². The topological polar surface area (TPSA) is 127 Å². The Hall–Kier alpha value is -3.56. The van der Waals surface area contributed by atoms with Crippen LogP contribution in [0.15, 0.2) is 36.7 Å². The molecular weight excluding hydrogens is 561 g/mol. The third kappa shape index (κ3) is 4.74. The first-order valence-corrected chi connectivity index (χ1v) is 13.7. The molecule has 4 heterocycles. The molecule has 1 fully saturated rings. The minimum absolute atomic E-state index is 0.0470. The fourth-order valence-corrected chi connectivity index (χ4v) is 5.47. The molecule has 0 bridgehead atoms. The Bertz CT molecular complexity index is 1700. The van der Waals surface area contributed by atoms with Crippen molar-refractivity contribution >= 4 is 33.3 Å². The highest BCUT2D eigenvalue weighted by Gasteiger charge is 2.50. The Balaban J connectivity index is 1.15. The van der Waals surface area contributed by atoms with Gasteiger partial charge in [0.1, 0.15) is 11.5 Å². The van der Waals surface area contributed by atoms with Crippen LogP contribution in [0.25, 0.3) is 17.2 Å². The predicted octanol–water partition coefficient (Wildman–Crippen LogP) is 3.11. The number of imidazole rings is 1. The fraction of sp³-hybridized carbons (Fsp3) is 0.348. The summed E-state index contributed by atoms with van der Waals surface area (Å²) in [5.74, 6) is 0.703. The van der Waals surface area contributed by atoms with E-state index in [9.17, 15) is 26.4 Å². The van der Waals surface area contributed by atoms with Crippen LogP contribution in [-0.2, 0) is 29.7 Å². The average Bonchev–Trinajstić information content (AvgIpc) is 3.54. The number of hydrogen-bond donors (Lipinski definition) is 1. The number of halogens is 4. The maximum absolute atomic E-state index is 13.1. The van der Waals surface area contributed by atoms with Gasteiger partial charge in [-0.05, 0) is 18.4 Å². The van der Waals surface area contributed by atoms with Crippen molar-refractivity contribution < 1.29 is 26.4 Å². The Morgan fingerprint density at radius 1 is 1.13 bits per heavy atom. The van der Waals surface area contributed by atoms with E-state index >= 15 is 0 Å². The first-order chi connectivity index (χ1) is 18.5. The molecule has 1 aliphatic heterocycles. The van der Waals surface area contributed by atoms with Gasteiger partial charge in [-0.1, -0.05) is 35.9 Å². The van der Waals surface area contributed by atoms with Gasteiger partial charge >= 0.3 is 15.5 Å². The number of carbonyl (C=O) groups is 1. The van der Waals surface area contributed by atoms with Crippen molar-refractivity contribution in [3.05, 3.63) is 64.5 Å². The van der Waals surface area contributed by atoms with Crippen molar-refractivity contribution in [3.63, 3.8) is 0 Å². The second-order valence-corrected chi connectivity index (χ2v) is 11.7. The molecular formula is C23H20ClF3N8O3S. The molecule has 1 saturated carbocycles. The fourth-order valence-electron chi connectivity index (χ4n) is 4.42. The van der Waals surface area contributed by atoms with Crippen LogP contribution >= 0.6 is 11.6 Å². The number of nitrogens with one attached hydrogen (secondary N) is 1. The second kappa shape index (κ2) is 9.27. The standard InChI is InChI=1S/C23H20ClF3N8O3S/c24-16-10-29-22-31-18(14-5-6-14)19(34(22)11-16)21(36)28-9-13-1-3-15(4-2-13)20-30-17-12-33(7-8-35(17)32-20)39(37,38)23(25,26)27/h1-4,10-11,14H,5-9,12H2,(H,28,36). The highest BCUT2D eigenvalue weighted by Crippen LogP contribution is 2.41. The third-order valence-corrected chi connectivity index (χ3v) is 8.35.